The fourth-order valence-corrected chi connectivity index (χ4v) is 0.830. The van der Waals surface area contributed by atoms with E-state index in [1.54, 1.807) is 6.07 Å². The summed E-state index contributed by atoms with van der Waals surface area (Å²) in [7, 11) is 1.39. The van der Waals surface area contributed by atoms with Gasteiger partial charge in [0.15, 0.2) is 11.6 Å². The molecule has 1 N–H and O–H groups in total. The van der Waals surface area contributed by atoms with Crippen LogP contribution in [0.3, 0.4) is 0 Å². The van der Waals surface area contributed by atoms with Gasteiger partial charge in [-0.15, -0.1) is 0 Å². The molecular weight excluding hydrogens is 161 g/mol. The van der Waals surface area contributed by atoms with E-state index in [1.807, 2.05) is 0 Å². The Morgan fingerprint density at radius 2 is 2.33 bits per heavy atom. The van der Waals surface area contributed by atoms with E-state index in [2.05, 4.69) is 5.16 Å². The highest BCUT2D eigenvalue weighted by Crippen LogP contribution is 2.16. The molecule has 3 nitrogen and oxygen atoms in total. The van der Waals surface area contributed by atoms with Gasteiger partial charge >= 0.3 is 0 Å². The highest BCUT2D eigenvalue weighted by atomic mass is 19.1. The molecule has 0 saturated heterocycles. The van der Waals surface area contributed by atoms with Crippen LogP contribution >= 0.6 is 0 Å². The first kappa shape index (κ1) is 8.52. The summed E-state index contributed by atoms with van der Waals surface area (Å²) in [6.45, 7) is 0. The molecule has 0 aliphatic heterocycles. The van der Waals surface area contributed by atoms with Gasteiger partial charge in [0, 0.05) is 0 Å². The monoisotopic (exact) mass is 169 g/mol. The van der Waals surface area contributed by atoms with E-state index in [1.165, 1.54) is 19.2 Å². The van der Waals surface area contributed by atoms with E-state index >= 15 is 0 Å². The summed E-state index contributed by atoms with van der Waals surface area (Å²) >= 11 is 0. The third-order valence-corrected chi connectivity index (χ3v) is 1.38. The van der Waals surface area contributed by atoms with Crippen molar-refractivity contribution in [2.24, 2.45) is 5.16 Å². The maximum absolute atomic E-state index is 12.9. The van der Waals surface area contributed by atoms with Crippen LogP contribution in [-0.2, 0) is 0 Å². The third-order valence-electron chi connectivity index (χ3n) is 1.38. The normalized spacial score (nSPS) is 10.5. The largest absolute Gasteiger partial charge is 0.494 e. The molecule has 0 atom stereocenters. The Morgan fingerprint density at radius 3 is 2.83 bits per heavy atom. The minimum Gasteiger partial charge on any atom is -0.494 e. The fraction of sp³-hybridized carbons (Fsp3) is 0.125. The van der Waals surface area contributed by atoms with Crippen molar-refractivity contribution in [3.05, 3.63) is 29.6 Å². The molecular formula is C8H8FNO2. The Hall–Kier alpha value is -1.58. The topological polar surface area (TPSA) is 41.8 Å². The number of hydrogen-bond donors (Lipinski definition) is 1. The molecule has 1 aromatic carbocycles. The summed E-state index contributed by atoms with van der Waals surface area (Å²) in [4.78, 5) is 0. The average Bonchev–Trinajstić information content (AvgIpc) is 2.05. The molecule has 0 aliphatic rings. The number of methoxy groups -OCH3 is 1. The SMILES string of the molecule is COc1ccc(C=NO)cc1F. The summed E-state index contributed by atoms with van der Waals surface area (Å²) in [6, 6.07) is 4.27. The molecule has 0 amide bonds. The van der Waals surface area contributed by atoms with Gasteiger partial charge in [-0.25, -0.2) is 4.39 Å². The zero-order valence-corrected chi connectivity index (χ0v) is 6.49. The second-order valence-electron chi connectivity index (χ2n) is 2.14. The van der Waals surface area contributed by atoms with Crippen molar-refractivity contribution in [3.8, 4) is 5.75 Å². The quantitative estimate of drug-likeness (QED) is 0.415. The molecule has 0 aliphatic carbocycles. The van der Waals surface area contributed by atoms with Crippen LogP contribution in [0, 0.1) is 5.82 Å². The van der Waals surface area contributed by atoms with E-state index in [-0.39, 0.29) is 5.75 Å². The lowest BCUT2D eigenvalue weighted by Gasteiger charge is -2.00. The van der Waals surface area contributed by atoms with Crippen LogP contribution < -0.4 is 4.74 Å². The Bertz CT molecular complexity index is 299. The van der Waals surface area contributed by atoms with Gasteiger partial charge in [0.2, 0.25) is 0 Å². The maximum Gasteiger partial charge on any atom is 0.165 e. The second-order valence-corrected chi connectivity index (χ2v) is 2.14. The van der Waals surface area contributed by atoms with E-state index in [4.69, 9.17) is 9.94 Å². The number of halogens is 1. The minimum absolute atomic E-state index is 0.171. The molecule has 64 valence electrons. The molecule has 0 saturated carbocycles. The van der Waals surface area contributed by atoms with Gasteiger partial charge in [-0.05, 0) is 23.8 Å². The first-order chi connectivity index (χ1) is 5.77. The van der Waals surface area contributed by atoms with Gasteiger partial charge in [-0.3, -0.25) is 0 Å². The lowest BCUT2D eigenvalue weighted by atomic mass is 10.2. The number of oxime groups is 1. The molecule has 1 aromatic rings. The van der Waals surface area contributed by atoms with Crippen LogP contribution in [-0.4, -0.2) is 18.5 Å². The van der Waals surface area contributed by atoms with Crippen LogP contribution in [0.4, 0.5) is 4.39 Å². The zero-order chi connectivity index (χ0) is 8.97. The molecule has 4 heteroatoms. The van der Waals surface area contributed by atoms with Gasteiger partial charge in [0.25, 0.3) is 0 Å². The van der Waals surface area contributed by atoms with Crippen molar-refractivity contribution in [2.45, 2.75) is 0 Å². The Labute approximate surface area is 69.1 Å². The molecule has 1 rings (SSSR count). The number of hydrogen-bond acceptors (Lipinski definition) is 3. The summed E-state index contributed by atoms with van der Waals surface area (Å²) in [5.74, 6) is -0.306. The predicted molar refractivity (Wildman–Crippen MR) is 42.3 cm³/mol. The van der Waals surface area contributed by atoms with Crippen LogP contribution in [0.1, 0.15) is 5.56 Å². The van der Waals surface area contributed by atoms with Crippen LogP contribution in [0.5, 0.6) is 5.75 Å². The van der Waals surface area contributed by atoms with Crippen molar-refractivity contribution in [1.29, 1.82) is 0 Å². The summed E-state index contributed by atoms with van der Waals surface area (Å²) < 4.78 is 17.6. The van der Waals surface area contributed by atoms with E-state index < -0.39 is 5.82 Å². The first-order valence-corrected chi connectivity index (χ1v) is 3.29. The number of rotatable bonds is 2. The van der Waals surface area contributed by atoms with Crippen molar-refractivity contribution in [2.75, 3.05) is 7.11 Å². The molecule has 12 heavy (non-hydrogen) atoms. The highest BCUT2D eigenvalue weighted by molar-refractivity contribution is 5.79. The molecule has 0 aromatic heterocycles. The molecule has 0 heterocycles. The van der Waals surface area contributed by atoms with E-state index in [9.17, 15) is 4.39 Å². The zero-order valence-electron chi connectivity index (χ0n) is 6.49. The average molecular weight is 169 g/mol. The van der Waals surface area contributed by atoms with Gasteiger partial charge in [-0.2, -0.15) is 0 Å². The highest BCUT2D eigenvalue weighted by Gasteiger charge is 2.01. The van der Waals surface area contributed by atoms with Crippen LogP contribution in [0.15, 0.2) is 23.4 Å². The van der Waals surface area contributed by atoms with Gasteiger partial charge in [-0.1, -0.05) is 5.16 Å². The van der Waals surface area contributed by atoms with Crippen LogP contribution in [0.2, 0.25) is 0 Å². The third kappa shape index (κ3) is 1.72. The maximum atomic E-state index is 12.9. The Balaban J connectivity index is 3.01. The summed E-state index contributed by atoms with van der Waals surface area (Å²) in [6.07, 6.45) is 1.14. The smallest absolute Gasteiger partial charge is 0.165 e. The van der Waals surface area contributed by atoms with Crippen LogP contribution in [0.25, 0.3) is 0 Å². The summed E-state index contributed by atoms with van der Waals surface area (Å²) in [5, 5.41) is 10.9. The predicted octanol–water partition coefficient (Wildman–Crippen LogP) is 1.64. The fourth-order valence-electron chi connectivity index (χ4n) is 0.830. The van der Waals surface area contributed by atoms with E-state index in [0.29, 0.717) is 5.56 Å². The second kappa shape index (κ2) is 3.71. The molecule has 0 fully saturated rings. The number of benzene rings is 1. The van der Waals surface area contributed by atoms with Gasteiger partial charge in [0.05, 0.1) is 13.3 Å². The Kier molecular flexibility index (Phi) is 2.63. The van der Waals surface area contributed by atoms with Crippen molar-refractivity contribution < 1.29 is 14.3 Å². The Morgan fingerprint density at radius 1 is 1.58 bits per heavy atom. The van der Waals surface area contributed by atoms with Gasteiger partial charge in [0.1, 0.15) is 0 Å². The standard InChI is InChI=1S/C8H8FNO2/c1-12-8-3-2-6(5-10-11)4-7(8)9/h2-5,11H,1H3. The molecule has 0 spiro atoms. The lowest BCUT2D eigenvalue weighted by Crippen LogP contribution is -1.89. The molecule has 0 radical (unpaired) electrons. The lowest BCUT2D eigenvalue weighted by molar-refractivity contribution is 0.322. The van der Waals surface area contributed by atoms with Crippen molar-refractivity contribution in [3.63, 3.8) is 0 Å². The van der Waals surface area contributed by atoms with Gasteiger partial charge < -0.3 is 9.94 Å². The number of nitrogens with zero attached hydrogens (tertiary/aromatic N) is 1. The number of ether oxygens (including phenoxy) is 1. The summed E-state index contributed by atoms with van der Waals surface area (Å²) in [5.41, 5.74) is 0.482. The van der Waals surface area contributed by atoms with Crippen molar-refractivity contribution in [1.82, 2.24) is 0 Å². The molecule has 0 bridgehead atoms. The van der Waals surface area contributed by atoms with E-state index in [0.717, 1.165) is 6.21 Å². The first-order valence-electron chi connectivity index (χ1n) is 3.29. The van der Waals surface area contributed by atoms with Crippen molar-refractivity contribution >= 4 is 6.21 Å². The minimum atomic E-state index is -0.477. The molecule has 0 unspecified atom stereocenters.